The number of carbonyl (C=O) groups is 1. The zero-order valence-electron chi connectivity index (χ0n) is 11.1. The van der Waals surface area contributed by atoms with E-state index >= 15 is 0 Å². The molecule has 0 aliphatic carbocycles. The van der Waals surface area contributed by atoms with E-state index in [1.54, 1.807) is 0 Å². The van der Waals surface area contributed by atoms with Crippen molar-refractivity contribution in [2.24, 2.45) is 0 Å². The number of hydrogen-bond acceptors (Lipinski definition) is 3. The lowest BCUT2D eigenvalue weighted by Crippen LogP contribution is -2.36. The molecule has 1 N–H and O–H groups in total. The standard InChI is InChI=1S/C14H19NO2S/c1-4-15(11(2)3)14(17)13-9-8-12(18-13)7-5-6-10-16/h8-9,11,16H,4,6,10H2,1-3H3. The summed E-state index contributed by atoms with van der Waals surface area (Å²) in [5.74, 6) is 5.86. The van der Waals surface area contributed by atoms with Crippen LogP contribution >= 0.6 is 11.3 Å². The predicted octanol–water partition coefficient (Wildman–Crippen LogP) is 2.35. The summed E-state index contributed by atoms with van der Waals surface area (Å²) in [5.41, 5.74) is 0. The Kier molecular flexibility index (Phi) is 5.90. The van der Waals surface area contributed by atoms with E-state index in [0.29, 0.717) is 13.0 Å². The molecule has 0 atom stereocenters. The first-order chi connectivity index (χ1) is 8.60. The SMILES string of the molecule is CCN(C(=O)c1ccc(C#CCCO)s1)C(C)C. The fourth-order valence-corrected chi connectivity index (χ4v) is 2.45. The summed E-state index contributed by atoms with van der Waals surface area (Å²) in [5, 5.41) is 8.64. The van der Waals surface area contributed by atoms with Gasteiger partial charge >= 0.3 is 0 Å². The van der Waals surface area contributed by atoms with Crippen molar-refractivity contribution in [3.8, 4) is 11.8 Å². The Labute approximate surface area is 112 Å². The predicted molar refractivity (Wildman–Crippen MR) is 74.7 cm³/mol. The summed E-state index contributed by atoms with van der Waals surface area (Å²) >= 11 is 1.41. The average Bonchev–Trinajstić information content (AvgIpc) is 2.78. The Morgan fingerprint density at radius 3 is 2.78 bits per heavy atom. The molecule has 0 fully saturated rings. The summed E-state index contributed by atoms with van der Waals surface area (Å²) in [4.78, 5) is 15.6. The highest BCUT2D eigenvalue weighted by Crippen LogP contribution is 2.18. The van der Waals surface area contributed by atoms with Gasteiger partial charge in [0.2, 0.25) is 0 Å². The van der Waals surface area contributed by atoms with Gasteiger partial charge in [0.25, 0.3) is 5.91 Å². The number of thiophene rings is 1. The minimum atomic E-state index is 0.0627. The van der Waals surface area contributed by atoms with Gasteiger partial charge < -0.3 is 10.0 Å². The second-order valence-corrected chi connectivity index (χ2v) is 5.21. The van der Waals surface area contributed by atoms with Crippen molar-refractivity contribution in [3.63, 3.8) is 0 Å². The largest absolute Gasteiger partial charge is 0.395 e. The molecule has 18 heavy (non-hydrogen) atoms. The van der Waals surface area contributed by atoms with Gasteiger partial charge in [-0.3, -0.25) is 4.79 Å². The van der Waals surface area contributed by atoms with E-state index in [1.807, 2.05) is 37.8 Å². The highest BCUT2D eigenvalue weighted by molar-refractivity contribution is 7.14. The third-order valence-corrected chi connectivity index (χ3v) is 3.48. The van der Waals surface area contributed by atoms with Crippen LogP contribution < -0.4 is 0 Å². The van der Waals surface area contributed by atoms with Crippen molar-refractivity contribution in [1.29, 1.82) is 0 Å². The molecule has 0 aliphatic rings. The summed E-state index contributed by atoms with van der Waals surface area (Å²) in [6, 6.07) is 3.88. The maximum atomic E-state index is 12.2. The van der Waals surface area contributed by atoms with Crippen LogP contribution in [0.15, 0.2) is 12.1 Å². The topological polar surface area (TPSA) is 40.5 Å². The van der Waals surface area contributed by atoms with E-state index < -0.39 is 0 Å². The molecule has 0 unspecified atom stereocenters. The molecule has 0 saturated heterocycles. The van der Waals surface area contributed by atoms with E-state index in [9.17, 15) is 4.79 Å². The number of carbonyl (C=O) groups excluding carboxylic acids is 1. The zero-order chi connectivity index (χ0) is 13.5. The fraction of sp³-hybridized carbons (Fsp3) is 0.500. The molecule has 98 valence electrons. The maximum Gasteiger partial charge on any atom is 0.264 e. The first kappa shape index (κ1) is 14.7. The minimum absolute atomic E-state index is 0.0627. The van der Waals surface area contributed by atoms with Crippen molar-refractivity contribution < 1.29 is 9.90 Å². The van der Waals surface area contributed by atoms with Crippen LogP contribution in [0.2, 0.25) is 0 Å². The van der Waals surface area contributed by atoms with Gasteiger partial charge in [-0.15, -0.1) is 11.3 Å². The molecule has 1 aromatic heterocycles. The highest BCUT2D eigenvalue weighted by atomic mass is 32.1. The third kappa shape index (κ3) is 3.86. The lowest BCUT2D eigenvalue weighted by Gasteiger charge is -2.24. The second kappa shape index (κ2) is 7.20. The molecule has 1 aromatic rings. The maximum absolute atomic E-state index is 12.2. The summed E-state index contributed by atoms with van der Waals surface area (Å²) < 4.78 is 0. The molecular formula is C14H19NO2S. The van der Waals surface area contributed by atoms with Crippen molar-refractivity contribution in [3.05, 3.63) is 21.9 Å². The van der Waals surface area contributed by atoms with E-state index in [2.05, 4.69) is 11.8 Å². The van der Waals surface area contributed by atoms with Crippen LogP contribution in [0.1, 0.15) is 41.7 Å². The van der Waals surface area contributed by atoms with Crippen LogP contribution in [-0.4, -0.2) is 35.1 Å². The van der Waals surface area contributed by atoms with Crippen LogP contribution in [0.5, 0.6) is 0 Å². The molecule has 1 amide bonds. The molecule has 3 nitrogen and oxygen atoms in total. The number of aliphatic hydroxyl groups excluding tert-OH is 1. The van der Waals surface area contributed by atoms with Crippen molar-refractivity contribution >= 4 is 17.2 Å². The molecule has 0 spiro atoms. The van der Waals surface area contributed by atoms with Gasteiger partial charge in [0.15, 0.2) is 0 Å². The van der Waals surface area contributed by atoms with E-state index in [-0.39, 0.29) is 18.6 Å². The van der Waals surface area contributed by atoms with Gasteiger partial charge in [0.05, 0.1) is 16.4 Å². The van der Waals surface area contributed by atoms with Crippen LogP contribution in [0.25, 0.3) is 0 Å². The van der Waals surface area contributed by atoms with Crippen LogP contribution in [0.3, 0.4) is 0 Å². The molecule has 1 heterocycles. The lowest BCUT2D eigenvalue weighted by atomic mass is 10.3. The second-order valence-electron chi connectivity index (χ2n) is 4.12. The van der Waals surface area contributed by atoms with E-state index in [4.69, 9.17) is 5.11 Å². The summed E-state index contributed by atoms with van der Waals surface area (Å²) in [6.45, 7) is 6.78. The van der Waals surface area contributed by atoms with Gasteiger partial charge in [0.1, 0.15) is 0 Å². The van der Waals surface area contributed by atoms with Gasteiger partial charge in [-0.05, 0) is 32.9 Å². The van der Waals surface area contributed by atoms with E-state index in [1.165, 1.54) is 11.3 Å². The smallest absolute Gasteiger partial charge is 0.264 e. The molecule has 1 rings (SSSR count). The first-order valence-electron chi connectivity index (χ1n) is 6.10. The third-order valence-electron chi connectivity index (χ3n) is 2.49. The zero-order valence-corrected chi connectivity index (χ0v) is 11.9. The van der Waals surface area contributed by atoms with Crippen molar-refractivity contribution in [1.82, 2.24) is 4.90 Å². The van der Waals surface area contributed by atoms with Gasteiger partial charge in [-0.2, -0.15) is 0 Å². The number of aliphatic hydroxyl groups is 1. The van der Waals surface area contributed by atoms with E-state index in [0.717, 1.165) is 9.75 Å². The Morgan fingerprint density at radius 1 is 1.50 bits per heavy atom. The number of amides is 1. The average molecular weight is 265 g/mol. The highest BCUT2D eigenvalue weighted by Gasteiger charge is 2.18. The molecule has 0 aliphatic heterocycles. The van der Waals surface area contributed by atoms with Crippen LogP contribution in [0.4, 0.5) is 0 Å². The molecule has 0 saturated carbocycles. The quantitative estimate of drug-likeness (QED) is 0.849. The van der Waals surface area contributed by atoms with Crippen molar-refractivity contribution in [2.45, 2.75) is 33.2 Å². The normalized spacial score (nSPS) is 10.1. The van der Waals surface area contributed by atoms with Gasteiger partial charge in [-0.1, -0.05) is 11.8 Å². The minimum Gasteiger partial charge on any atom is -0.395 e. The number of nitrogens with zero attached hydrogens (tertiary/aromatic N) is 1. The van der Waals surface area contributed by atoms with Crippen LogP contribution in [0, 0.1) is 11.8 Å². The summed E-state index contributed by atoms with van der Waals surface area (Å²) in [6.07, 6.45) is 0.467. The van der Waals surface area contributed by atoms with Crippen LogP contribution in [-0.2, 0) is 0 Å². The lowest BCUT2D eigenvalue weighted by molar-refractivity contribution is 0.0722. The molecule has 0 bridgehead atoms. The molecular weight excluding hydrogens is 246 g/mol. The molecule has 0 aromatic carbocycles. The van der Waals surface area contributed by atoms with Crippen molar-refractivity contribution in [2.75, 3.05) is 13.2 Å². The summed E-state index contributed by atoms with van der Waals surface area (Å²) in [7, 11) is 0. The Morgan fingerprint density at radius 2 is 2.22 bits per heavy atom. The number of hydrogen-bond donors (Lipinski definition) is 1. The Hall–Kier alpha value is -1.31. The monoisotopic (exact) mass is 265 g/mol. The van der Waals surface area contributed by atoms with Gasteiger partial charge in [-0.25, -0.2) is 0 Å². The number of rotatable bonds is 4. The molecule has 0 radical (unpaired) electrons. The Bertz CT molecular complexity index is 454. The molecule has 4 heteroatoms. The first-order valence-corrected chi connectivity index (χ1v) is 6.92. The fourth-order valence-electron chi connectivity index (χ4n) is 1.61. The van der Waals surface area contributed by atoms with Gasteiger partial charge in [0, 0.05) is 19.0 Å². The Balaban J connectivity index is 2.80.